The molecular formula is C17H13BrFN3O2. The van der Waals surface area contributed by atoms with Crippen molar-refractivity contribution < 1.29 is 13.9 Å². The Morgan fingerprint density at radius 1 is 1.25 bits per heavy atom. The Kier molecular flexibility index (Phi) is 4.71. The molecule has 0 aliphatic rings. The molecule has 0 spiro atoms. The number of rotatable bonds is 4. The summed E-state index contributed by atoms with van der Waals surface area (Å²) in [5.41, 5.74) is 1.42. The van der Waals surface area contributed by atoms with Gasteiger partial charge in [0, 0.05) is 22.0 Å². The van der Waals surface area contributed by atoms with E-state index < -0.39 is 11.8 Å². The lowest BCUT2D eigenvalue weighted by Crippen LogP contribution is -2.07. The summed E-state index contributed by atoms with van der Waals surface area (Å²) in [6, 6.07) is 9.75. The van der Waals surface area contributed by atoms with E-state index >= 15 is 0 Å². The molecule has 1 N–H and O–H groups in total. The molecule has 0 atom stereocenters. The lowest BCUT2D eigenvalue weighted by Gasteiger charge is -2.10. The molecular weight excluding hydrogens is 377 g/mol. The van der Waals surface area contributed by atoms with E-state index in [4.69, 9.17) is 0 Å². The number of benzene rings is 2. The average Bonchev–Trinajstić information content (AvgIpc) is 2.60. The quantitative estimate of drug-likeness (QED) is 0.684. The second-order valence-electron chi connectivity index (χ2n) is 5.04. The third-order valence-electron chi connectivity index (χ3n) is 3.51. The molecule has 1 aromatic heterocycles. The highest BCUT2D eigenvalue weighted by atomic mass is 79.9. The Hall–Kier alpha value is -2.54. The molecule has 0 fully saturated rings. The maximum absolute atomic E-state index is 14.0. The second kappa shape index (κ2) is 6.92. The van der Waals surface area contributed by atoms with Crippen LogP contribution >= 0.6 is 15.9 Å². The van der Waals surface area contributed by atoms with Crippen LogP contribution < -0.4 is 5.32 Å². The smallest absolute Gasteiger partial charge is 0.337 e. The highest BCUT2D eigenvalue weighted by Crippen LogP contribution is 2.24. The van der Waals surface area contributed by atoms with Gasteiger partial charge >= 0.3 is 5.97 Å². The molecule has 5 nitrogen and oxygen atoms in total. The van der Waals surface area contributed by atoms with E-state index in [-0.39, 0.29) is 6.54 Å². The fraction of sp³-hybridized carbons (Fsp3) is 0.118. The Morgan fingerprint density at radius 2 is 2.08 bits per heavy atom. The first-order valence-electron chi connectivity index (χ1n) is 7.09. The summed E-state index contributed by atoms with van der Waals surface area (Å²) in [6.45, 7) is 0.176. The van der Waals surface area contributed by atoms with Gasteiger partial charge in [-0.2, -0.15) is 0 Å². The van der Waals surface area contributed by atoms with E-state index in [9.17, 15) is 9.18 Å². The van der Waals surface area contributed by atoms with Crippen LogP contribution in [0.5, 0.6) is 0 Å². The van der Waals surface area contributed by atoms with Gasteiger partial charge in [-0.3, -0.25) is 0 Å². The Morgan fingerprint density at radius 3 is 2.88 bits per heavy atom. The third-order valence-corrected chi connectivity index (χ3v) is 4.00. The second-order valence-corrected chi connectivity index (χ2v) is 5.95. The number of hydrogen-bond acceptors (Lipinski definition) is 5. The number of ether oxygens (including phenoxy) is 1. The molecule has 0 unspecified atom stereocenters. The van der Waals surface area contributed by atoms with E-state index in [0.717, 1.165) is 15.4 Å². The molecule has 0 amide bonds. The van der Waals surface area contributed by atoms with Crippen LogP contribution in [0.15, 0.2) is 47.2 Å². The molecule has 0 radical (unpaired) electrons. The Bertz CT molecular complexity index is 917. The molecule has 3 rings (SSSR count). The number of hydrogen-bond donors (Lipinski definition) is 1. The Balaban J connectivity index is 1.89. The molecule has 3 aromatic rings. The fourth-order valence-electron chi connectivity index (χ4n) is 2.30. The highest BCUT2D eigenvalue weighted by molar-refractivity contribution is 9.10. The Labute approximate surface area is 146 Å². The van der Waals surface area contributed by atoms with Crippen molar-refractivity contribution in [3.8, 4) is 0 Å². The van der Waals surface area contributed by atoms with Gasteiger partial charge in [0.05, 0.1) is 18.2 Å². The minimum Gasteiger partial charge on any atom is -0.465 e. The topological polar surface area (TPSA) is 64.1 Å². The highest BCUT2D eigenvalue weighted by Gasteiger charge is 2.11. The maximum Gasteiger partial charge on any atom is 0.337 e. The molecule has 0 saturated heterocycles. The first-order chi connectivity index (χ1) is 11.6. The zero-order valence-corrected chi connectivity index (χ0v) is 14.3. The van der Waals surface area contributed by atoms with E-state index in [1.165, 1.54) is 31.6 Å². The minimum atomic E-state index is -0.507. The predicted molar refractivity (Wildman–Crippen MR) is 92.3 cm³/mol. The van der Waals surface area contributed by atoms with Crippen LogP contribution in [0.4, 0.5) is 10.2 Å². The van der Waals surface area contributed by atoms with Gasteiger partial charge in [-0.05, 0) is 36.4 Å². The van der Waals surface area contributed by atoms with E-state index in [1.54, 1.807) is 0 Å². The molecule has 0 bridgehead atoms. The van der Waals surface area contributed by atoms with Crippen molar-refractivity contribution in [2.75, 3.05) is 12.4 Å². The number of nitrogens with one attached hydrogen (secondary N) is 1. The molecule has 1 heterocycles. The summed E-state index contributed by atoms with van der Waals surface area (Å²) in [5, 5.41) is 3.91. The van der Waals surface area contributed by atoms with Gasteiger partial charge in [0.1, 0.15) is 18.0 Å². The van der Waals surface area contributed by atoms with E-state index in [2.05, 4.69) is 36.0 Å². The molecule has 0 aliphatic carbocycles. The number of carbonyl (C=O) groups excluding carboxylic acids is 1. The molecule has 2 aromatic carbocycles. The van der Waals surface area contributed by atoms with Crippen LogP contribution in [-0.2, 0) is 11.3 Å². The number of halogens is 2. The van der Waals surface area contributed by atoms with Crippen molar-refractivity contribution in [3.63, 3.8) is 0 Å². The minimum absolute atomic E-state index is 0.176. The molecule has 0 saturated carbocycles. The third kappa shape index (κ3) is 3.35. The van der Waals surface area contributed by atoms with Crippen LogP contribution in [0.1, 0.15) is 15.9 Å². The molecule has 24 heavy (non-hydrogen) atoms. The fourth-order valence-corrected chi connectivity index (χ4v) is 2.66. The summed E-state index contributed by atoms with van der Waals surface area (Å²) in [4.78, 5) is 20.0. The van der Waals surface area contributed by atoms with Crippen molar-refractivity contribution in [2.24, 2.45) is 0 Å². The molecule has 122 valence electrons. The van der Waals surface area contributed by atoms with Crippen LogP contribution in [0.2, 0.25) is 0 Å². The monoisotopic (exact) mass is 389 g/mol. The number of aromatic nitrogens is 2. The van der Waals surface area contributed by atoms with Crippen molar-refractivity contribution in [1.82, 2.24) is 9.97 Å². The van der Waals surface area contributed by atoms with Gasteiger partial charge in [0.2, 0.25) is 0 Å². The first kappa shape index (κ1) is 16.3. The number of fused-ring (bicyclic) bond motifs is 1. The van der Waals surface area contributed by atoms with Gasteiger partial charge in [0.25, 0.3) is 0 Å². The van der Waals surface area contributed by atoms with E-state index in [0.29, 0.717) is 16.9 Å². The van der Waals surface area contributed by atoms with Crippen molar-refractivity contribution in [3.05, 3.63) is 64.1 Å². The standard InChI is InChI=1S/C17H13BrFN3O2/c1-24-17(23)10-2-4-14(19)11(6-10)8-20-16-13-7-12(18)3-5-15(13)21-9-22-16/h2-7,9H,8H2,1H3,(H,20,21,22). The first-order valence-corrected chi connectivity index (χ1v) is 7.88. The zero-order valence-electron chi connectivity index (χ0n) is 12.7. The maximum atomic E-state index is 14.0. The van der Waals surface area contributed by atoms with Gasteiger partial charge in [0.15, 0.2) is 0 Å². The van der Waals surface area contributed by atoms with Gasteiger partial charge in [-0.1, -0.05) is 15.9 Å². The van der Waals surface area contributed by atoms with Crippen LogP contribution in [0.3, 0.4) is 0 Å². The van der Waals surface area contributed by atoms with E-state index in [1.807, 2.05) is 18.2 Å². The van der Waals surface area contributed by atoms with Gasteiger partial charge in [-0.25, -0.2) is 19.2 Å². The van der Waals surface area contributed by atoms with Crippen molar-refractivity contribution in [2.45, 2.75) is 6.54 Å². The summed E-state index contributed by atoms with van der Waals surface area (Å²) in [5.74, 6) is -0.327. The normalized spacial score (nSPS) is 10.6. The number of nitrogens with zero attached hydrogens (tertiary/aromatic N) is 2. The SMILES string of the molecule is COC(=O)c1ccc(F)c(CNc2ncnc3ccc(Br)cc23)c1. The largest absolute Gasteiger partial charge is 0.465 e. The lowest BCUT2D eigenvalue weighted by atomic mass is 10.1. The summed E-state index contributed by atoms with van der Waals surface area (Å²) < 4.78 is 19.5. The van der Waals surface area contributed by atoms with Crippen LogP contribution in [0, 0.1) is 5.82 Å². The molecule has 7 heteroatoms. The number of methoxy groups -OCH3 is 1. The average molecular weight is 390 g/mol. The number of carbonyl (C=O) groups is 1. The van der Waals surface area contributed by atoms with Crippen LogP contribution in [-0.4, -0.2) is 23.0 Å². The van der Waals surface area contributed by atoms with Crippen LogP contribution in [0.25, 0.3) is 10.9 Å². The van der Waals surface area contributed by atoms with Crippen molar-refractivity contribution >= 4 is 38.6 Å². The number of anilines is 1. The molecule has 0 aliphatic heterocycles. The van der Waals surface area contributed by atoms with Crippen molar-refractivity contribution in [1.29, 1.82) is 0 Å². The summed E-state index contributed by atoms with van der Waals surface area (Å²) in [7, 11) is 1.29. The van der Waals surface area contributed by atoms with Gasteiger partial charge in [-0.15, -0.1) is 0 Å². The zero-order chi connectivity index (χ0) is 17.1. The summed E-state index contributed by atoms with van der Waals surface area (Å²) >= 11 is 3.41. The summed E-state index contributed by atoms with van der Waals surface area (Å²) in [6.07, 6.45) is 1.44. The number of esters is 1. The predicted octanol–water partition coefficient (Wildman–Crippen LogP) is 3.93. The van der Waals surface area contributed by atoms with Gasteiger partial charge < -0.3 is 10.1 Å². The lowest BCUT2D eigenvalue weighted by molar-refractivity contribution is 0.0600.